The highest BCUT2D eigenvalue weighted by molar-refractivity contribution is 6.33. The first-order valence-corrected chi connectivity index (χ1v) is 5.91. The molecule has 1 N–H and O–H groups in total. The first-order valence-electron chi connectivity index (χ1n) is 5.53. The molecule has 1 heterocycles. The molecular formula is C13H11ClN4O. The number of amides is 1. The number of benzene rings is 1. The molecule has 0 aliphatic heterocycles. The Labute approximate surface area is 115 Å². The summed E-state index contributed by atoms with van der Waals surface area (Å²) in [7, 11) is 1.67. The van der Waals surface area contributed by atoms with Crippen LogP contribution in [0.15, 0.2) is 24.3 Å². The Kier molecular flexibility index (Phi) is 3.54. The van der Waals surface area contributed by atoms with Crippen LogP contribution in [0.2, 0.25) is 5.15 Å². The van der Waals surface area contributed by atoms with Crippen molar-refractivity contribution in [2.75, 3.05) is 5.32 Å². The van der Waals surface area contributed by atoms with Gasteiger partial charge in [0, 0.05) is 12.7 Å². The van der Waals surface area contributed by atoms with E-state index in [0.717, 1.165) is 0 Å². The van der Waals surface area contributed by atoms with Gasteiger partial charge in [-0.15, -0.1) is 0 Å². The van der Waals surface area contributed by atoms with E-state index in [2.05, 4.69) is 10.4 Å². The molecule has 0 atom stereocenters. The Bertz CT molecular complexity index is 684. The molecule has 0 saturated carbocycles. The van der Waals surface area contributed by atoms with Crippen LogP contribution in [-0.4, -0.2) is 15.7 Å². The third-order valence-electron chi connectivity index (χ3n) is 2.63. The molecule has 6 heteroatoms. The van der Waals surface area contributed by atoms with Gasteiger partial charge in [0.05, 0.1) is 22.9 Å². The molecule has 2 rings (SSSR count). The monoisotopic (exact) mass is 274 g/mol. The topological polar surface area (TPSA) is 70.7 Å². The van der Waals surface area contributed by atoms with Crippen molar-refractivity contribution >= 4 is 23.2 Å². The highest BCUT2D eigenvalue weighted by atomic mass is 35.5. The number of aryl methyl sites for hydroxylation is 2. The van der Waals surface area contributed by atoms with Gasteiger partial charge in [0.1, 0.15) is 5.15 Å². The quantitative estimate of drug-likeness (QED) is 0.915. The summed E-state index contributed by atoms with van der Waals surface area (Å²) in [6.45, 7) is 1.71. The lowest BCUT2D eigenvalue weighted by Crippen LogP contribution is -2.13. The molecule has 0 aliphatic carbocycles. The standard InChI is InChI=1S/C13H11ClN4O/c1-8-11(12(14)18(2)17-8)13(19)16-10-5-3-4-9(6-10)7-15/h3-6H,1-2H3,(H,16,19). The summed E-state index contributed by atoms with van der Waals surface area (Å²) in [6, 6.07) is 8.68. The molecule has 0 aliphatic rings. The van der Waals surface area contributed by atoms with Gasteiger partial charge in [-0.2, -0.15) is 10.4 Å². The predicted molar refractivity (Wildman–Crippen MR) is 72.1 cm³/mol. The molecule has 0 bridgehead atoms. The van der Waals surface area contributed by atoms with Gasteiger partial charge >= 0.3 is 0 Å². The number of hydrogen-bond acceptors (Lipinski definition) is 3. The fraction of sp³-hybridized carbons (Fsp3) is 0.154. The van der Waals surface area contributed by atoms with Crippen LogP contribution in [0.25, 0.3) is 0 Å². The number of carbonyl (C=O) groups is 1. The summed E-state index contributed by atoms with van der Waals surface area (Å²) in [6.07, 6.45) is 0. The molecule has 0 fully saturated rings. The molecule has 96 valence electrons. The van der Waals surface area contributed by atoms with Crippen molar-refractivity contribution < 1.29 is 4.79 Å². The van der Waals surface area contributed by atoms with Crippen LogP contribution < -0.4 is 5.32 Å². The Balaban J connectivity index is 2.28. The molecule has 1 aromatic heterocycles. The van der Waals surface area contributed by atoms with E-state index in [4.69, 9.17) is 16.9 Å². The number of anilines is 1. The van der Waals surface area contributed by atoms with Crippen molar-refractivity contribution in [3.05, 3.63) is 46.2 Å². The zero-order chi connectivity index (χ0) is 14.0. The molecule has 0 unspecified atom stereocenters. The minimum absolute atomic E-state index is 0.284. The number of nitrogens with one attached hydrogen (secondary N) is 1. The first kappa shape index (κ1) is 13.1. The number of aromatic nitrogens is 2. The number of halogens is 1. The largest absolute Gasteiger partial charge is 0.322 e. The smallest absolute Gasteiger partial charge is 0.260 e. The number of nitriles is 1. The molecule has 2 aromatic rings. The Morgan fingerprint density at radius 2 is 2.26 bits per heavy atom. The zero-order valence-electron chi connectivity index (χ0n) is 10.4. The van der Waals surface area contributed by atoms with Crippen molar-refractivity contribution in [3.8, 4) is 6.07 Å². The van der Waals surface area contributed by atoms with Crippen LogP contribution in [0.5, 0.6) is 0 Å². The van der Waals surface area contributed by atoms with E-state index in [1.165, 1.54) is 4.68 Å². The SMILES string of the molecule is Cc1nn(C)c(Cl)c1C(=O)Nc1cccc(C#N)c1. The van der Waals surface area contributed by atoms with E-state index in [-0.39, 0.29) is 11.1 Å². The van der Waals surface area contributed by atoms with E-state index in [1.54, 1.807) is 38.2 Å². The zero-order valence-corrected chi connectivity index (χ0v) is 11.2. The summed E-state index contributed by atoms with van der Waals surface area (Å²) in [5.74, 6) is -0.342. The van der Waals surface area contributed by atoms with Crippen LogP contribution in [0.3, 0.4) is 0 Å². The number of carbonyl (C=O) groups excluding carboxylic acids is 1. The van der Waals surface area contributed by atoms with E-state index in [1.807, 2.05) is 6.07 Å². The second-order valence-electron chi connectivity index (χ2n) is 4.02. The summed E-state index contributed by atoms with van der Waals surface area (Å²) < 4.78 is 1.44. The Morgan fingerprint density at radius 1 is 1.53 bits per heavy atom. The summed E-state index contributed by atoms with van der Waals surface area (Å²) in [4.78, 5) is 12.1. The molecule has 0 spiro atoms. The lowest BCUT2D eigenvalue weighted by Gasteiger charge is -2.05. The van der Waals surface area contributed by atoms with Crippen molar-refractivity contribution in [2.45, 2.75) is 6.92 Å². The van der Waals surface area contributed by atoms with Crippen molar-refractivity contribution in [1.29, 1.82) is 5.26 Å². The molecule has 0 saturated heterocycles. The maximum atomic E-state index is 12.1. The van der Waals surface area contributed by atoms with E-state index in [9.17, 15) is 4.79 Å². The number of rotatable bonds is 2. The van der Waals surface area contributed by atoms with Gasteiger partial charge in [-0.05, 0) is 25.1 Å². The lowest BCUT2D eigenvalue weighted by molar-refractivity contribution is 0.102. The van der Waals surface area contributed by atoms with Crippen molar-refractivity contribution in [1.82, 2.24) is 9.78 Å². The third-order valence-corrected chi connectivity index (χ3v) is 3.06. The maximum absolute atomic E-state index is 12.1. The fourth-order valence-electron chi connectivity index (χ4n) is 1.75. The molecule has 19 heavy (non-hydrogen) atoms. The van der Waals surface area contributed by atoms with Gasteiger partial charge in [-0.1, -0.05) is 17.7 Å². The van der Waals surface area contributed by atoms with E-state index >= 15 is 0 Å². The van der Waals surface area contributed by atoms with Crippen LogP contribution in [0, 0.1) is 18.3 Å². The number of nitrogens with zero attached hydrogens (tertiary/aromatic N) is 3. The van der Waals surface area contributed by atoms with Crippen LogP contribution in [0.4, 0.5) is 5.69 Å². The lowest BCUT2D eigenvalue weighted by atomic mass is 10.2. The molecule has 0 radical (unpaired) electrons. The molecular weight excluding hydrogens is 264 g/mol. The molecule has 1 amide bonds. The highest BCUT2D eigenvalue weighted by Gasteiger charge is 2.18. The second kappa shape index (κ2) is 5.12. The Hall–Kier alpha value is -2.32. The number of hydrogen-bond donors (Lipinski definition) is 1. The van der Waals surface area contributed by atoms with Crippen LogP contribution in [0.1, 0.15) is 21.6 Å². The van der Waals surface area contributed by atoms with Gasteiger partial charge in [-0.3, -0.25) is 9.48 Å². The molecule has 5 nitrogen and oxygen atoms in total. The van der Waals surface area contributed by atoms with Gasteiger partial charge in [0.15, 0.2) is 0 Å². The normalized spacial score (nSPS) is 10.0. The van der Waals surface area contributed by atoms with Gasteiger partial charge < -0.3 is 5.32 Å². The summed E-state index contributed by atoms with van der Waals surface area (Å²) >= 11 is 6.02. The van der Waals surface area contributed by atoms with Gasteiger partial charge in [0.2, 0.25) is 0 Å². The predicted octanol–water partition coefficient (Wildman–Crippen LogP) is 2.51. The van der Waals surface area contributed by atoms with Crippen LogP contribution >= 0.6 is 11.6 Å². The summed E-state index contributed by atoms with van der Waals surface area (Å²) in [5.41, 5.74) is 1.92. The van der Waals surface area contributed by atoms with E-state index < -0.39 is 0 Å². The first-order chi connectivity index (χ1) is 9.02. The van der Waals surface area contributed by atoms with Gasteiger partial charge in [-0.25, -0.2) is 0 Å². The second-order valence-corrected chi connectivity index (χ2v) is 4.38. The summed E-state index contributed by atoms with van der Waals surface area (Å²) in [5, 5.41) is 15.9. The van der Waals surface area contributed by atoms with Crippen molar-refractivity contribution in [2.24, 2.45) is 7.05 Å². The van der Waals surface area contributed by atoms with Crippen LogP contribution in [-0.2, 0) is 7.05 Å². The Morgan fingerprint density at radius 3 is 2.84 bits per heavy atom. The minimum atomic E-state index is -0.342. The van der Waals surface area contributed by atoms with Crippen molar-refractivity contribution in [3.63, 3.8) is 0 Å². The fourth-order valence-corrected chi connectivity index (χ4v) is 2.01. The molecule has 1 aromatic carbocycles. The average molecular weight is 275 g/mol. The van der Waals surface area contributed by atoms with Gasteiger partial charge in [0.25, 0.3) is 5.91 Å². The minimum Gasteiger partial charge on any atom is -0.322 e. The highest BCUT2D eigenvalue weighted by Crippen LogP contribution is 2.20. The van der Waals surface area contributed by atoms with E-state index in [0.29, 0.717) is 22.5 Å². The average Bonchev–Trinajstić information content (AvgIpc) is 2.63. The maximum Gasteiger partial charge on any atom is 0.260 e. The third kappa shape index (κ3) is 2.59.